The molecule has 1 aliphatic heterocycles. The van der Waals surface area contributed by atoms with Crippen LogP contribution in [0.4, 0.5) is 0 Å². The third kappa shape index (κ3) is 2.52. The standard InChI is InChI=1S/C12H6Cl2N2O4S2/c13-7-2-1-6(3-8(7)14)9-4-21-11(15-9)10-12(17)16(18)5-22(10,19)20/h1-4H,5H2/p+1. The minimum Gasteiger partial charge on any atom is -0.456 e. The van der Waals surface area contributed by atoms with Crippen LogP contribution in [-0.2, 0) is 9.84 Å². The summed E-state index contributed by atoms with van der Waals surface area (Å²) in [5.74, 6) is -1.65. The highest BCUT2D eigenvalue weighted by atomic mass is 35.5. The number of aliphatic hydroxyl groups is 1. The van der Waals surface area contributed by atoms with Crippen molar-refractivity contribution >= 4 is 49.3 Å². The maximum absolute atomic E-state index is 11.9. The van der Waals surface area contributed by atoms with Gasteiger partial charge in [-0.2, -0.15) is 0 Å². The largest absolute Gasteiger partial charge is 0.456 e. The van der Waals surface area contributed by atoms with Crippen molar-refractivity contribution in [3.8, 4) is 11.3 Å². The molecule has 0 unspecified atom stereocenters. The molecule has 10 heteroatoms. The van der Waals surface area contributed by atoms with Crippen molar-refractivity contribution in [1.82, 2.24) is 4.98 Å². The van der Waals surface area contributed by atoms with Gasteiger partial charge in [0.1, 0.15) is 5.01 Å². The van der Waals surface area contributed by atoms with Crippen LogP contribution < -0.4 is 0 Å². The van der Waals surface area contributed by atoms with Crippen LogP contribution in [0.1, 0.15) is 5.01 Å². The average Bonchev–Trinajstić information content (AvgIpc) is 2.97. The summed E-state index contributed by atoms with van der Waals surface area (Å²) in [6.07, 6.45) is 0. The maximum Gasteiger partial charge on any atom is 0.437 e. The fraction of sp³-hybridized carbons (Fsp3) is 0.0833. The van der Waals surface area contributed by atoms with E-state index in [0.717, 1.165) is 11.3 Å². The Morgan fingerprint density at radius 1 is 1.27 bits per heavy atom. The van der Waals surface area contributed by atoms with Crippen LogP contribution in [0.15, 0.2) is 29.5 Å². The van der Waals surface area contributed by atoms with Crippen LogP contribution in [0.25, 0.3) is 16.2 Å². The van der Waals surface area contributed by atoms with E-state index in [1.165, 1.54) is 0 Å². The molecule has 0 fully saturated rings. The van der Waals surface area contributed by atoms with Crippen molar-refractivity contribution < 1.29 is 18.3 Å². The van der Waals surface area contributed by atoms with Gasteiger partial charge in [-0.05, 0) is 12.1 Å². The molecule has 114 valence electrons. The van der Waals surface area contributed by atoms with Crippen LogP contribution in [0.3, 0.4) is 0 Å². The summed E-state index contributed by atoms with van der Waals surface area (Å²) in [5, 5.41) is 12.0. The smallest absolute Gasteiger partial charge is 0.437 e. The van der Waals surface area contributed by atoms with Gasteiger partial charge in [0.2, 0.25) is 4.91 Å². The maximum atomic E-state index is 11.9. The predicted molar refractivity (Wildman–Crippen MR) is 84.5 cm³/mol. The van der Waals surface area contributed by atoms with E-state index in [9.17, 15) is 18.4 Å². The van der Waals surface area contributed by atoms with Crippen LogP contribution in [0, 0.1) is 4.91 Å². The van der Waals surface area contributed by atoms with E-state index in [2.05, 4.69) is 4.98 Å². The normalized spacial score (nSPS) is 17.3. The molecule has 1 N–H and O–H groups in total. The third-order valence-corrected chi connectivity index (χ3v) is 6.25. The Kier molecular flexibility index (Phi) is 3.72. The summed E-state index contributed by atoms with van der Waals surface area (Å²) in [5.41, 5.74) is 1.12. The van der Waals surface area contributed by atoms with E-state index in [4.69, 9.17) is 23.2 Å². The van der Waals surface area contributed by atoms with E-state index in [-0.39, 0.29) is 9.77 Å². The van der Waals surface area contributed by atoms with Crippen molar-refractivity contribution in [3.63, 3.8) is 0 Å². The number of halogens is 2. The second-order valence-electron chi connectivity index (χ2n) is 4.44. The lowest BCUT2D eigenvalue weighted by atomic mass is 10.2. The lowest BCUT2D eigenvalue weighted by Crippen LogP contribution is -2.07. The summed E-state index contributed by atoms with van der Waals surface area (Å²) in [6.45, 7) is 0. The number of sulfone groups is 1. The van der Waals surface area contributed by atoms with Gasteiger partial charge < -0.3 is 5.11 Å². The fourth-order valence-electron chi connectivity index (χ4n) is 1.93. The topological polar surface area (TPSA) is 87.3 Å². The second-order valence-corrected chi connectivity index (χ2v) is 8.01. The number of nitrogens with zero attached hydrogens (tertiary/aromatic N) is 2. The zero-order valence-electron chi connectivity index (χ0n) is 10.7. The first-order chi connectivity index (χ1) is 10.3. The molecule has 0 radical (unpaired) electrons. The number of aromatic nitrogens is 1. The molecule has 0 spiro atoms. The van der Waals surface area contributed by atoms with Gasteiger partial charge in [-0.15, -0.1) is 11.3 Å². The first-order valence-corrected chi connectivity index (χ1v) is 9.10. The van der Waals surface area contributed by atoms with Crippen molar-refractivity contribution in [1.29, 1.82) is 0 Å². The molecule has 3 rings (SSSR count). The molecule has 0 saturated heterocycles. The molecule has 1 aromatic carbocycles. The van der Waals surface area contributed by atoms with Gasteiger partial charge in [0.15, 0.2) is 0 Å². The molecule has 2 aromatic rings. The molecule has 0 saturated carbocycles. The predicted octanol–water partition coefficient (Wildman–Crippen LogP) is 3.47. The molecule has 6 nitrogen and oxygen atoms in total. The molecule has 1 aliphatic rings. The Labute approximate surface area is 139 Å². The van der Waals surface area contributed by atoms with Crippen LogP contribution >= 0.6 is 34.5 Å². The zero-order valence-corrected chi connectivity index (χ0v) is 13.8. The minimum absolute atomic E-state index is 0.0187. The van der Waals surface area contributed by atoms with Crippen LogP contribution in [0.2, 0.25) is 10.0 Å². The summed E-state index contributed by atoms with van der Waals surface area (Å²) < 4.78 is 23.8. The molecule has 22 heavy (non-hydrogen) atoms. The number of hydrogen-bond donors (Lipinski definition) is 1. The fourth-order valence-corrected chi connectivity index (χ4v) is 4.76. The molecule has 1 aromatic heterocycles. The first-order valence-electron chi connectivity index (χ1n) is 5.81. The monoisotopic (exact) mass is 377 g/mol. The Bertz CT molecular complexity index is 934. The molecule has 0 bridgehead atoms. The lowest BCUT2D eigenvalue weighted by Gasteiger charge is -1.99. The number of hydrogen-bond acceptors (Lipinski definition) is 6. The highest BCUT2D eigenvalue weighted by Crippen LogP contribution is 2.35. The number of thiazole rings is 1. The SMILES string of the molecule is O=[N+]1CS(=O)(=O)C(c2nc(-c3ccc(Cl)c(Cl)c3)cs2)=C1O. The summed E-state index contributed by atoms with van der Waals surface area (Å²) in [7, 11) is -3.88. The molecule has 0 aliphatic carbocycles. The molecule has 2 heterocycles. The highest BCUT2D eigenvalue weighted by Gasteiger charge is 2.47. The Morgan fingerprint density at radius 2 is 2.00 bits per heavy atom. The highest BCUT2D eigenvalue weighted by molar-refractivity contribution is 8.00. The van der Waals surface area contributed by atoms with Crippen LogP contribution in [-0.4, -0.2) is 29.1 Å². The van der Waals surface area contributed by atoms with Gasteiger partial charge >= 0.3 is 11.8 Å². The van der Waals surface area contributed by atoms with Gasteiger partial charge in [-0.3, -0.25) is 0 Å². The Balaban J connectivity index is 2.08. The Morgan fingerprint density at radius 3 is 2.59 bits per heavy atom. The summed E-state index contributed by atoms with van der Waals surface area (Å²) >= 11 is 12.8. The van der Waals surface area contributed by atoms with Gasteiger partial charge in [0, 0.05) is 15.9 Å². The number of aliphatic hydroxyl groups excluding tert-OH is 1. The van der Waals surface area contributed by atoms with Crippen LogP contribution in [0.5, 0.6) is 0 Å². The molecule has 0 amide bonds. The van der Waals surface area contributed by atoms with Crippen molar-refractivity contribution in [2.45, 2.75) is 0 Å². The minimum atomic E-state index is -3.88. The van der Waals surface area contributed by atoms with Gasteiger partial charge in [0.25, 0.3) is 9.84 Å². The van der Waals surface area contributed by atoms with Crippen molar-refractivity contribution in [2.24, 2.45) is 0 Å². The first kappa shape index (κ1) is 15.4. The average molecular weight is 378 g/mol. The van der Waals surface area contributed by atoms with Crippen molar-refractivity contribution in [2.75, 3.05) is 5.88 Å². The zero-order chi connectivity index (χ0) is 16.1. The van der Waals surface area contributed by atoms with Gasteiger partial charge in [-0.1, -0.05) is 29.3 Å². The quantitative estimate of drug-likeness (QED) is 0.809. The molecular weight excluding hydrogens is 371 g/mol. The second kappa shape index (κ2) is 5.31. The van der Waals surface area contributed by atoms with Gasteiger partial charge in [0.05, 0.1) is 20.5 Å². The van der Waals surface area contributed by atoms with E-state index in [1.807, 2.05) is 0 Å². The van der Waals surface area contributed by atoms with E-state index >= 15 is 0 Å². The number of nitroso groups, excluding NO2 is 1. The Hall–Kier alpha value is -1.48. The summed E-state index contributed by atoms with van der Waals surface area (Å²) in [6, 6.07) is 4.88. The van der Waals surface area contributed by atoms with E-state index in [1.54, 1.807) is 23.6 Å². The number of rotatable bonds is 2. The van der Waals surface area contributed by atoms with Gasteiger partial charge in [-0.25, -0.2) is 13.4 Å². The number of benzene rings is 1. The van der Waals surface area contributed by atoms with E-state index in [0.29, 0.717) is 21.3 Å². The molecule has 0 atom stereocenters. The lowest BCUT2D eigenvalue weighted by molar-refractivity contribution is -0.503. The summed E-state index contributed by atoms with van der Waals surface area (Å²) in [4.78, 5) is 15.0. The third-order valence-electron chi connectivity index (χ3n) is 2.95. The molecular formula is C12H7Cl2N2O4S2+. The van der Waals surface area contributed by atoms with Crippen molar-refractivity contribution in [3.05, 3.63) is 49.4 Å². The van der Waals surface area contributed by atoms with E-state index < -0.39 is 26.5 Å².